The van der Waals surface area contributed by atoms with Crippen molar-refractivity contribution in [3.8, 4) is 0 Å². The second-order valence-corrected chi connectivity index (χ2v) is 6.73. The summed E-state index contributed by atoms with van der Waals surface area (Å²) in [5.41, 5.74) is 5.25. The van der Waals surface area contributed by atoms with E-state index in [1.807, 2.05) is 27.7 Å². The smallest absolute Gasteiger partial charge is 0.410 e. The molecule has 21 heavy (non-hydrogen) atoms. The summed E-state index contributed by atoms with van der Waals surface area (Å²) >= 11 is 0. The molecule has 2 unspecified atom stereocenters. The van der Waals surface area contributed by atoms with Crippen LogP contribution in [0, 0.1) is 0 Å². The Morgan fingerprint density at radius 3 is 2.43 bits per heavy atom. The Kier molecular flexibility index (Phi) is 6.90. The Balaban J connectivity index is 2.40. The van der Waals surface area contributed by atoms with E-state index in [1.165, 1.54) is 0 Å². The molecule has 1 fully saturated rings. The lowest BCUT2D eigenvalue weighted by atomic mass is 10.0. The van der Waals surface area contributed by atoms with Gasteiger partial charge in [0.1, 0.15) is 5.60 Å². The molecule has 0 saturated carbocycles. The van der Waals surface area contributed by atoms with Crippen molar-refractivity contribution < 1.29 is 14.6 Å². The van der Waals surface area contributed by atoms with E-state index in [9.17, 15) is 9.90 Å². The van der Waals surface area contributed by atoms with E-state index in [1.54, 1.807) is 4.90 Å². The van der Waals surface area contributed by atoms with Gasteiger partial charge in [-0.15, -0.1) is 0 Å². The number of likely N-dealkylation sites (tertiary alicyclic amines) is 1. The third-order valence-corrected chi connectivity index (χ3v) is 3.73. The van der Waals surface area contributed by atoms with Gasteiger partial charge in [0.25, 0.3) is 0 Å². The summed E-state index contributed by atoms with van der Waals surface area (Å²) in [4.78, 5) is 13.7. The SMILES string of the molecule is CCC(O)C(CN)NC1CCN(C(=O)OC(C)(C)C)CC1. The molecule has 1 amide bonds. The first-order valence-electron chi connectivity index (χ1n) is 7.89. The van der Waals surface area contributed by atoms with Gasteiger partial charge in [-0.2, -0.15) is 0 Å². The Bertz CT molecular complexity index is 323. The molecule has 1 rings (SSSR count). The number of nitrogens with one attached hydrogen (secondary N) is 1. The lowest BCUT2D eigenvalue weighted by Gasteiger charge is -2.36. The second kappa shape index (κ2) is 7.96. The second-order valence-electron chi connectivity index (χ2n) is 6.73. The Morgan fingerprint density at radius 1 is 1.43 bits per heavy atom. The van der Waals surface area contributed by atoms with Crippen molar-refractivity contribution >= 4 is 6.09 Å². The van der Waals surface area contributed by atoms with Crippen molar-refractivity contribution in [2.45, 2.75) is 70.7 Å². The normalized spacial score (nSPS) is 20.2. The van der Waals surface area contributed by atoms with E-state index in [4.69, 9.17) is 10.5 Å². The molecule has 4 N–H and O–H groups in total. The van der Waals surface area contributed by atoms with Crippen molar-refractivity contribution in [3.05, 3.63) is 0 Å². The Morgan fingerprint density at radius 2 is 2.00 bits per heavy atom. The van der Waals surface area contributed by atoms with Crippen LogP contribution >= 0.6 is 0 Å². The number of amides is 1. The van der Waals surface area contributed by atoms with Crippen LogP contribution in [0.1, 0.15) is 47.0 Å². The van der Waals surface area contributed by atoms with Gasteiger partial charge < -0.3 is 25.8 Å². The molecule has 6 nitrogen and oxygen atoms in total. The van der Waals surface area contributed by atoms with Crippen molar-refractivity contribution in [3.63, 3.8) is 0 Å². The molecule has 6 heteroatoms. The van der Waals surface area contributed by atoms with Gasteiger partial charge in [-0.3, -0.25) is 0 Å². The average Bonchev–Trinajstić information content (AvgIpc) is 2.42. The molecule has 1 saturated heterocycles. The first-order chi connectivity index (χ1) is 9.76. The predicted octanol–water partition coefficient (Wildman–Crippen LogP) is 1.07. The van der Waals surface area contributed by atoms with Crippen LogP contribution in [0.25, 0.3) is 0 Å². The number of carbonyl (C=O) groups is 1. The largest absolute Gasteiger partial charge is 0.444 e. The zero-order chi connectivity index (χ0) is 16.0. The standard InChI is InChI=1S/C15H31N3O3/c1-5-13(19)12(10-16)17-11-6-8-18(9-7-11)14(20)21-15(2,3)4/h11-13,17,19H,5-10,16H2,1-4H3. The van der Waals surface area contributed by atoms with Crippen molar-refractivity contribution in [2.75, 3.05) is 19.6 Å². The molecular formula is C15H31N3O3. The Hall–Kier alpha value is -0.850. The first kappa shape index (κ1) is 18.2. The number of hydrogen-bond acceptors (Lipinski definition) is 5. The fourth-order valence-corrected chi connectivity index (χ4v) is 2.48. The minimum absolute atomic E-state index is 0.0759. The van der Waals surface area contributed by atoms with Crippen LogP contribution in [0.3, 0.4) is 0 Å². The summed E-state index contributed by atoms with van der Waals surface area (Å²) in [6.45, 7) is 9.32. The molecule has 0 bridgehead atoms. The van der Waals surface area contributed by atoms with Gasteiger partial charge in [0.05, 0.1) is 6.10 Å². The minimum Gasteiger partial charge on any atom is -0.444 e. The molecule has 0 aliphatic carbocycles. The van der Waals surface area contributed by atoms with Gasteiger partial charge in [-0.25, -0.2) is 4.79 Å². The van der Waals surface area contributed by atoms with Crippen LogP contribution < -0.4 is 11.1 Å². The molecule has 1 aliphatic rings. The molecule has 0 aromatic rings. The lowest BCUT2D eigenvalue weighted by molar-refractivity contribution is 0.0186. The van der Waals surface area contributed by atoms with E-state index < -0.39 is 11.7 Å². The number of nitrogens with two attached hydrogens (primary N) is 1. The number of nitrogens with zero attached hydrogens (tertiary/aromatic N) is 1. The third kappa shape index (κ3) is 6.20. The predicted molar refractivity (Wildman–Crippen MR) is 83.1 cm³/mol. The number of hydrogen-bond donors (Lipinski definition) is 3. The summed E-state index contributed by atoms with van der Waals surface area (Å²) in [7, 11) is 0. The maximum Gasteiger partial charge on any atom is 0.410 e. The van der Waals surface area contributed by atoms with Crippen LogP contribution in [0.15, 0.2) is 0 Å². The summed E-state index contributed by atoms with van der Waals surface area (Å²) in [5, 5.41) is 13.3. The number of ether oxygens (including phenoxy) is 1. The fourth-order valence-electron chi connectivity index (χ4n) is 2.48. The monoisotopic (exact) mass is 301 g/mol. The number of piperidine rings is 1. The molecule has 0 aromatic heterocycles. The van der Waals surface area contributed by atoms with Gasteiger partial charge in [-0.05, 0) is 40.0 Å². The fraction of sp³-hybridized carbons (Fsp3) is 0.933. The molecule has 1 aliphatic heterocycles. The van der Waals surface area contributed by atoms with Crippen LogP contribution in [-0.4, -0.2) is 59.5 Å². The number of aliphatic hydroxyl groups is 1. The summed E-state index contributed by atoms with van der Waals surface area (Å²) in [5.74, 6) is 0. The topological polar surface area (TPSA) is 87.8 Å². The van der Waals surface area contributed by atoms with Gasteiger partial charge in [-0.1, -0.05) is 6.92 Å². The zero-order valence-electron chi connectivity index (χ0n) is 13.8. The molecule has 0 aromatic carbocycles. The van der Waals surface area contributed by atoms with E-state index >= 15 is 0 Å². The molecule has 2 atom stereocenters. The van der Waals surface area contributed by atoms with Crippen LogP contribution in [0.4, 0.5) is 4.79 Å². The molecule has 1 heterocycles. The van der Waals surface area contributed by atoms with Gasteiger partial charge >= 0.3 is 6.09 Å². The quantitative estimate of drug-likeness (QED) is 0.707. The van der Waals surface area contributed by atoms with Crippen molar-refractivity contribution in [1.82, 2.24) is 10.2 Å². The molecule has 0 spiro atoms. The minimum atomic E-state index is -0.456. The highest BCUT2D eigenvalue weighted by Gasteiger charge is 2.28. The van der Waals surface area contributed by atoms with E-state index in [0.29, 0.717) is 32.1 Å². The first-order valence-corrected chi connectivity index (χ1v) is 7.89. The van der Waals surface area contributed by atoms with Gasteiger partial charge in [0.15, 0.2) is 0 Å². The highest BCUT2D eigenvalue weighted by molar-refractivity contribution is 5.68. The molecule has 0 radical (unpaired) electrons. The van der Waals surface area contributed by atoms with E-state index in [0.717, 1.165) is 12.8 Å². The van der Waals surface area contributed by atoms with Crippen molar-refractivity contribution in [1.29, 1.82) is 0 Å². The molecule has 124 valence electrons. The molecular weight excluding hydrogens is 270 g/mol. The number of carbonyl (C=O) groups excluding carboxylic acids is 1. The maximum absolute atomic E-state index is 12.0. The van der Waals surface area contributed by atoms with Gasteiger partial charge in [0, 0.05) is 31.7 Å². The van der Waals surface area contributed by atoms with Crippen LogP contribution in [-0.2, 0) is 4.74 Å². The summed E-state index contributed by atoms with van der Waals surface area (Å²) in [6.07, 6.45) is 1.73. The number of rotatable bonds is 5. The highest BCUT2D eigenvalue weighted by Crippen LogP contribution is 2.16. The highest BCUT2D eigenvalue weighted by atomic mass is 16.6. The third-order valence-electron chi connectivity index (χ3n) is 3.73. The van der Waals surface area contributed by atoms with E-state index in [-0.39, 0.29) is 12.1 Å². The van der Waals surface area contributed by atoms with E-state index in [2.05, 4.69) is 5.32 Å². The van der Waals surface area contributed by atoms with Crippen LogP contribution in [0.5, 0.6) is 0 Å². The average molecular weight is 301 g/mol. The van der Waals surface area contributed by atoms with Gasteiger partial charge in [0.2, 0.25) is 0 Å². The summed E-state index contributed by atoms with van der Waals surface area (Å²) < 4.78 is 5.38. The lowest BCUT2D eigenvalue weighted by Crippen LogP contribution is -2.53. The number of aliphatic hydroxyl groups excluding tert-OH is 1. The summed E-state index contributed by atoms with van der Waals surface area (Å²) in [6, 6.07) is 0.214. The van der Waals surface area contributed by atoms with Crippen LogP contribution in [0.2, 0.25) is 0 Å². The Labute approximate surface area is 128 Å². The zero-order valence-corrected chi connectivity index (χ0v) is 13.8. The van der Waals surface area contributed by atoms with Crippen molar-refractivity contribution in [2.24, 2.45) is 5.73 Å². The maximum atomic E-state index is 12.0.